The first-order valence-corrected chi connectivity index (χ1v) is 5.50. The van der Waals surface area contributed by atoms with Crippen LogP contribution in [0.5, 0.6) is 5.75 Å². The van der Waals surface area contributed by atoms with E-state index in [1.54, 1.807) is 38.3 Å². The van der Waals surface area contributed by atoms with Crippen LogP contribution < -0.4 is 15.4 Å². The number of amides is 2. The molecular formula is C12H16N2O4. The number of rotatable bonds is 5. The number of benzene rings is 1. The van der Waals surface area contributed by atoms with E-state index in [1.807, 2.05) is 0 Å². The lowest BCUT2D eigenvalue weighted by molar-refractivity contribution is -0.115. The monoisotopic (exact) mass is 252 g/mol. The number of nitrogens with one attached hydrogen (secondary N) is 2. The Kier molecular flexibility index (Phi) is 5.50. The first kappa shape index (κ1) is 13.8. The van der Waals surface area contributed by atoms with Gasteiger partial charge in [0.25, 0.3) is 0 Å². The lowest BCUT2D eigenvalue weighted by Gasteiger charge is -2.07. The van der Waals surface area contributed by atoms with Gasteiger partial charge in [-0.2, -0.15) is 0 Å². The summed E-state index contributed by atoms with van der Waals surface area (Å²) in [6.45, 7) is 1.83. The molecule has 98 valence electrons. The summed E-state index contributed by atoms with van der Waals surface area (Å²) in [6.07, 6.45) is -0.609. The molecule has 0 spiro atoms. The highest BCUT2D eigenvalue weighted by Gasteiger charge is 2.05. The van der Waals surface area contributed by atoms with E-state index in [2.05, 4.69) is 15.4 Å². The molecule has 0 aliphatic heterocycles. The van der Waals surface area contributed by atoms with E-state index in [1.165, 1.54) is 0 Å². The molecule has 2 N–H and O–H groups in total. The number of ether oxygens (including phenoxy) is 2. The van der Waals surface area contributed by atoms with Crippen molar-refractivity contribution in [1.29, 1.82) is 0 Å². The van der Waals surface area contributed by atoms with Crippen LogP contribution in [0.25, 0.3) is 0 Å². The van der Waals surface area contributed by atoms with Gasteiger partial charge in [-0.3, -0.25) is 4.79 Å². The van der Waals surface area contributed by atoms with Crippen molar-refractivity contribution in [2.45, 2.75) is 6.92 Å². The maximum atomic E-state index is 11.5. The fraction of sp³-hybridized carbons (Fsp3) is 0.333. The molecule has 0 fully saturated rings. The van der Waals surface area contributed by atoms with Gasteiger partial charge in [-0.15, -0.1) is 0 Å². The summed E-state index contributed by atoms with van der Waals surface area (Å²) in [5, 5.41) is 4.95. The van der Waals surface area contributed by atoms with E-state index >= 15 is 0 Å². The van der Waals surface area contributed by atoms with E-state index in [-0.39, 0.29) is 19.1 Å². The Hall–Kier alpha value is -2.24. The van der Waals surface area contributed by atoms with Gasteiger partial charge in [0, 0.05) is 5.69 Å². The normalized spacial score (nSPS) is 9.44. The SMILES string of the molecule is CCOC(=O)NCC(=O)Nc1ccc(OC)cc1. The van der Waals surface area contributed by atoms with Crippen molar-refractivity contribution < 1.29 is 19.1 Å². The van der Waals surface area contributed by atoms with Gasteiger partial charge >= 0.3 is 6.09 Å². The molecule has 1 aromatic rings. The second-order valence-corrected chi connectivity index (χ2v) is 3.35. The predicted molar refractivity (Wildman–Crippen MR) is 66.6 cm³/mol. The first-order valence-electron chi connectivity index (χ1n) is 5.50. The molecule has 0 saturated heterocycles. The molecule has 18 heavy (non-hydrogen) atoms. The molecule has 0 aliphatic rings. The molecule has 0 aliphatic carbocycles. The highest BCUT2D eigenvalue weighted by atomic mass is 16.5. The molecule has 1 rings (SSSR count). The van der Waals surface area contributed by atoms with Crippen LogP contribution in [0.1, 0.15) is 6.92 Å². The zero-order chi connectivity index (χ0) is 13.4. The molecule has 0 atom stereocenters. The maximum Gasteiger partial charge on any atom is 0.407 e. The van der Waals surface area contributed by atoms with Gasteiger partial charge in [0.1, 0.15) is 12.3 Å². The maximum absolute atomic E-state index is 11.5. The van der Waals surface area contributed by atoms with Crippen LogP contribution in [0, 0.1) is 0 Å². The Labute approximate surface area is 105 Å². The molecule has 0 aromatic heterocycles. The highest BCUT2D eigenvalue weighted by Crippen LogP contribution is 2.14. The van der Waals surface area contributed by atoms with E-state index < -0.39 is 6.09 Å². The third kappa shape index (κ3) is 4.73. The van der Waals surface area contributed by atoms with Gasteiger partial charge in [0.05, 0.1) is 13.7 Å². The number of methoxy groups -OCH3 is 1. The van der Waals surface area contributed by atoms with Crippen molar-refractivity contribution in [3.8, 4) is 5.75 Å². The topological polar surface area (TPSA) is 76.7 Å². The van der Waals surface area contributed by atoms with E-state index in [0.29, 0.717) is 11.4 Å². The zero-order valence-electron chi connectivity index (χ0n) is 10.4. The molecule has 6 nitrogen and oxygen atoms in total. The van der Waals surface area contributed by atoms with E-state index in [9.17, 15) is 9.59 Å². The summed E-state index contributed by atoms with van der Waals surface area (Å²) < 4.78 is 9.62. The molecule has 1 aromatic carbocycles. The molecule has 2 amide bonds. The van der Waals surface area contributed by atoms with Crippen molar-refractivity contribution in [2.24, 2.45) is 0 Å². The average molecular weight is 252 g/mol. The largest absolute Gasteiger partial charge is 0.497 e. The minimum absolute atomic E-state index is 0.134. The smallest absolute Gasteiger partial charge is 0.407 e. The van der Waals surface area contributed by atoms with Crippen LogP contribution in [-0.2, 0) is 9.53 Å². The standard InChI is InChI=1S/C12H16N2O4/c1-3-18-12(16)13-8-11(15)14-9-4-6-10(17-2)7-5-9/h4-7H,3,8H2,1-2H3,(H,13,16)(H,14,15). The summed E-state index contributed by atoms with van der Waals surface area (Å²) >= 11 is 0. The number of alkyl carbamates (subject to hydrolysis) is 1. The summed E-state index contributed by atoms with van der Waals surface area (Å²) in [7, 11) is 1.57. The Morgan fingerprint density at radius 2 is 1.89 bits per heavy atom. The Morgan fingerprint density at radius 1 is 1.22 bits per heavy atom. The second-order valence-electron chi connectivity index (χ2n) is 3.35. The Bertz CT molecular complexity index is 403. The number of hydrogen-bond acceptors (Lipinski definition) is 4. The van der Waals surface area contributed by atoms with Gasteiger partial charge in [0.15, 0.2) is 0 Å². The van der Waals surface area contributed by atoms with Crippen molar-refractivity contribution in [3.63, 3.8) is 0 Å². The molecule has 0 radical (unpaired) electrons. The van der Waals surface area contributed by atoms with Gasteiger partial charge in [-0.25, -0.2) is 4.79 Å². The fourth-order valence-electron chi connectivity index (χ4n) is 1.21. The van der Waals surface area contributed by atoms with Gasteiger partial charge in [-0.05, 0) is 31.2 Å². The van der Waals surface area contributed by atoms with Crippen molar-refractivity contribution in [2.75, 3.05) is 25.6 Å². The average Bonchev–Trinajstić information content (AvgIpc) is 2.38. The molecule has 0 heterocycles. The minimum Gasteiger partial charge on any atom is -0.497 e. The summed E-state index contributed by atoms with van der Waals surface area (Å²) in [5.74, 6) is 0.380. The lowest BCUT2D eigenvalue weighted by Crippen LogP contribution is -2.33. The number of carbonyl (C=O) groups excluding carboxylic acids is 2. The van der Waals surface area contributed by atoms with Crippen molar-refractivity contribution >= 4 is 17.7 Å². The third-order valence-electron chi connectivity index (χ3n) is 2.04. The quantitative estimate of drug-likeness (QED) is 0.830. The van der Waals surface area contributed by atoms with Crippen LogP contribution in [0.3, 0.4) is 0 Å². The van der Waals surface area contributed by atoms with Crippen LogP contribution >= 0.6 is 0 Å². The van der Waals surface area contributed by atoms with Crippen LogP contribution in [0.15, 0.2) is 24.3 Å². The first-order chi connectivity index (χ1) is 8.65. The summed E-state index contributed by atoms with van der Waals surface area (Å²) in [4.78, 5) is 22.4. The molecule has 6 heteroatoms. The number of hydrogen-bond donors (Lipinski definition) is 2. The van der Waals surface area contributed by atoms with Crippen molar-refractivity contribution in [3.05, 3.63) is 24.3 Å². The fourth-order valence-corrected chi connectivity index (χ4v) is 1.21. The van der Waals surface area contributed by atoms with Crippen LogP contribution in [0.4, 0.5) is 10.5 Å². The molecular weight excluding hydrogens is 236 g/mol. The Morgan fingerprint density at radius 3 is 2.44 bits per heavy atom. The molecule has 0 saturated carbocycles. The number of carbonyl (C=O) groups is 2. The summed E-state index contributed by atoms with van der Waals surface area (Å²) in [6, 6.07) is 6.88. The van der Waals surface area contributed by atoms with Crippen molar-refractivity contribution in [1.82, 2.24) is 5.32 Å². The lowest BCUT2D eigenvalue weighted by atomic mass is 10.3. The summed E-state index contributed by atoms with van der Waals surface area (Å²) in [5.41, 5.74) is 0.631. The minimum atomic E-state index is -0.609. The van der Waals surface area contributed by atoms with Gasteiger partial charge < -0.3 is 20.1 Å². The number of anilines is 1. The highest BCUT2D eigenvalue weighted by molar-refractivity contribution is 5.93. The van der Waals surface area contributed by atoms with Crippen LogP contribution in [-0.4, -0.2) is 32.3 Å². The van der Waals surface area contributed by atoms with E-state index in [0.717, 1.165) is 0 Å². The predicted octanol–water partition coefficient (Wildman–Crippen LogP) is 1.38. The Balaban J connectivity index is 2.37. The third-order valence-corrected chi connectivity index (χ3v) is 2.04. The van der Waals surface area contributed by atoms with Crippen LogP contribution in [0.2, 0.25) is 0 Å². The van der Waals surface area contributed by atoms with Gasteiger partial charge in [-0.1, -0.05) is 0 Å². The molecule has 0 bridgehead atoms. The molecule has 0 unspecified atom stereocenters. The zero-order valence-corrected chi connectivity index (χ0v) is 10.4. The van der Waals surface area contributed by atoms with Gasteiger partial charge in [0.2, 0.25) is 5.91 Å². The second kappa shape index (κ2) is 7.16. The van der Waals surface area contributed by atoms with E-state index in [4.69, 9.17) is 4.74 Å².